The number of ether oxygens (including phenoxy) is 2. The number of benzene rings is 2. The van der Waals surface area contributed by atoms with Gasteiger partial charge in [-0.2, -0.15) is 0 Å². The van der Waals surface area contributed by atoms with Gasteiger partial charge < -0.3 is 20.1 Å². The van der Waals surface area contributed by atoms with Crippen molar-refractivity contribution in [2.45, 2.75) is 19.8 Å². The minimum atomic E-state index is -4.79. The average molecular weight is 368 g/mol. The normalized spacial score (nSPS) is 10.9. The van der Waals surface area contributed by atoms with Crippen LogP contribution < -0.4 is 20.1 Å². The van der Waals surface area contributed by atoms with Crippen molar-refractivity contribution < 1.29 is 27.4 Å². The maximum atomic E-state index is 12.4. The summed E-state index contributed by atoms with van der Waals surface area (Å²) in [5.74, 6) is 0.346. The molecular weight excluding hydrogens is 349 g/mol. The lowest BCUT2D eigenvalue weighted by Crippen LogP contribution is -2.37. The monoisotopic (exact) mass is 368 g/mol. The number of halogens is 3. The van der Waals surface area contributed by atoms with E-state index in [0.717, 1.165) is 5.56 Å². The van der Waals surface area contributed by atoms with Crippen LogP contribution in [-0.4, -0.2) is 25.5 Å². The maximum Gasteiger partial charge on any atom is 0.573 e. The third kappa shape index (κ3) is 6.92. The number of hydrogen-bond acceptors (Lipinski definition) is 3. The number of carbonyl (C=O) groups is 1. The highest BCUT2D eigenvalue weighted by Gasteiger charge is 2.31. The van der Waals surface area contributed by atoms with Crippen LogP contribution >= 0.6 is 0 Å². The summed E-state index contributed by atoms with van der Waals surface area (Å²) in [6.45, 7) is 2.38. The molecule has 0 aliphatic rings. The van der Waals surface area contributed by atoms with E-state index in [1.54, 1.807) is 6.07 Å². The molecule has 2 amide bonds. The van der Waals surface area contributed by atoms with Gasteiger partial charge in [0.25, 0.3) is 0 Å². The van der Waals surface area contributed by atoms with E-state index in [4.69, 9.17) is 4.74 Å². The largest absolute Gasteiger partial charge is 0.573 e. The first kappa shape index (κ1) is 19.4. The number of urea groups is 1. The summed E-state index contributed by atoms with van der Waals surface area (Å²) in [5, 5.41) is 5.04. The summed E-state index contributed by atoms with van der Waals surface area (Å²) in [5.41, 5.74) is 1.33. The average Bonchev–Trinajstić information content (AvgIpc) is 2.58. The van der Waals surface area contributed by atoms with Crippen LogP contribution in [0.4, 0.5) is 18.0 Å². The van der Waals surface area contributed by atoms with Gasteiger partial charge in [0, 0.05) is 12.1 Å². The minimum absolute atomic E-state index is 0.100. The lowest BCUT2D eigenvalue weighted by Gasteiger charge is -2.14. The van der Waals surface area contributed by atoms with Crippen molar-refractivity contribution in [2.75, 3.05) is 13.2 Å². The second-order valence-corrected chi connectivity index (χ2v) is 5.43. The number of alkyl halides is 3. The molecule has 0 aromatic heterocycles. The fraction of sp³-hybridized carbons (Fsp3) is 0.278. The summed E-state index contributed by atoms with van der Waals surface area (Å²) >= 11 is 0. The first-order valence-corrected chi connectivity index (χ1v) is 7.88. The highest BCUT2D eigenvalue weighted by Crippen LogP contribution is 2.26. The summed E-state index contributed by atoms with van der Waals surface area (Å²) in [6, 6.07) is 12.6. The number of hydrogen-bond donors (Lipinski definition) is 2. The van der Waals surface area contributed by atoms with Crippen LogP contribution in [0.3, 0.4) is 0 Å². The zero-order valence-electron chi connectivity index (χ0n) is 14.1. The van der Waals surface area contributed by atoms with Crippen LogP contribution in [0.25, 0.3) is 0 Å². The molecule has 8 heteroatoms. The van der Waals surface area contributed by atoms with Gasteiger partial charge in [-0.3, -0.25) is 0 Å². The van der Waals surface area contributed by atoms with E-state index in [2.05, 4.69) is 15.4 Å². The topological polar surface area (TPSA) is 59.6 Å². The summed E-state index contributed by atoms with van der Waals surface area (Å²) in [4.78, 5) is 11.7. The van der Waals surface area contributed by atoms with Crippen molar-refractivity contribution in [3.05, 3.63) is 59.7 Å². The van der Waals surface area contributed by atoms with E-state index in [0.29, 0.717) is 5.75 Å². The summed E-state index contributed by atoms with van der Waals surface area (Å²) in [6.07, 6.45) is -4.79. The zero-order valence-corrected chi connectivity index (χ0v) is 14.1. The number of nitrogens with one attached hydrogen (secondary N) is 2. The lowest BCUT2D eigenvalue weighted by molar-refractivity contribution is -0.274. The van der Waals surface area contributed by atoms with E-state index >= 15 is 0 Å². The second kappa shape index (κ2) is 8.98. The first-order chi connectivity index (χ1) is 12.3. The molecule has 2 rings (SSSR count). The molecule has 0 saturated carbocycles. The number of rotatable bonds is 7. The first-order valence-electron chi connectivity index (χ1n) is 7.88. The van der Waals surface area contributed by atoms with Crippen LogP contribution in [0.5, 0.6) is 11.5 Å². The van der Waals surface area contributed by atoms with Crippen LogP contribution in [0.15, 0.2) is 48.5 Å². The Kier molecular flexibility index (Phi) is 6.71. The molecule has 2 aromatic carbocycles. The summed E-state index contributed by atoms with van der Waals surface area (Å²) < 4.78 is 46.4. The Bertz CT molecular complexity index is 718. The molecule has 0 fully saturated rings. The van der Waals surface area contributed by atoms with Crippen molar-refractivity contribution in [2.24, 2.45) is 0 Å². The number of amides is 2. The molecule has 0 aliphatic heterocycles. The highest BCUT2D eigenvalue weighted by molar-refractivity contribution is 5.73. The van der Waals surface area contributed by atoms with Crippen LogP contribution in [0.1, 0.15) is 11.1 Å². The Morgan fingerprint density at radius 2 is 1.73 bits per heavy atom. The van der Waals surface area contributed by atoms with Gasteiger partial charge in [-0.1, -0.05) is 35.9 Å². The van der Waals surface area contributed by atoms with E-state index in [9.17, 15) is 18.0 Å². The SMILES string of the molecule is Cc1ccc(OCCNC(=O)NCc2ccccc2OC(F)(F)F)cc1. The van der Waals surface area contributed by atoms with Gasteiger partial charge in [0.2, 0.25) is 0 Å². The van der Waals surface area contributed by atoms with Crippen molar-refractivity contribution in [3.63, 3.8) is 0 Å². The van der Waals surface area contributed by atoms with Crippen LogP contribution in [0.2, 0.25) is 0 Å². The molecule has 0 aliphatic carbocycles. The molecule has 0 radical (unpaired) electrons. The Labute approximate surface area is 149 Å². The predicted octanol–water partition coefficient (Wildman–Crippen LogP) is 3.77. The van der Waals surface area contributed by atoms with Gasteiger partial charge in [-0.05, 0) is 25.1 Å². The quantitative estimate of drug-likeness (QED) is 0.732. The third-order valence-corrected chi connectivity index (χ3v) is 3.32. The van der Waals surface area contributed by atoms with E-state index in [-0.39, 0.29) is 31.0 Å². The molecule has 0 atom stereocenters. The lowest BCUT2D eigenvalue weighted by atomic mass is 10.2. The smallest absolute Gasteiger partial charge is 0.492 e. The molecule has 2 N–H and O–H groups in total. The molecule has 5 nitrogen and oxygen atoms in total. The van der Waals surface area contributed by atoms with Crippen molar-refractivity contribution >= 4 is 6.03 Å². The standard InChI is InChI=1S/C18H19F3N2O3/c1-13-6-8-15(9-7-13)25-11-10-22-17(24)23-12-14-4-2-3-5-16(14)26-18(19,20)21/h2-9H,10-12H2,1H3,(H2,22,23,24). The Morgan fingerprint density at radius 1 is 1.04 bits per heavy atom. The van der Waals surface area contributed by atoms with Gasteiger partial charge in [0.15, 0.2) is 0 Å². The van der Waals surface area contributed by atoms with Gasteiger partial charge in [-0.25, -0.2) is 4.79 Å². The number of carbonyl (C=O) groups excluding carboxylic acids is 1. The molecular formula is C18H19F3N2O3. The number of para-hydroxylation sites is 1. The Hall–Kier alpha value is -2.90. The molecule has 0 saturated heterocycles. The van der Waals surface area contributed by atoms with E-state index in [1.807, 2.05) is 31.2 Å². The van der Waals surface area contributed by atoms with Gasteiger partial charge in [-0.15, -0.1) is 13.2 Å². The number of aryl methyl sites for hydroxylation is 1. The zero-order chi connectivity index (χ0) is 19.0. The molecule has 0 heterocycles. The van der Waals surface area contributed by atoms with Crippen molar-refractivity contribution in [1.29, 1.82) is 0 Å². The minimum Gasteiger partial charge on any atom is -0.492 e. The van der Waals surface area contributed by atoms with Gasteiger partial charge in [0.1, 0.15) is 18.1 Å². The Morgan fingerprint density at radius 3 is 2.42 bits per heavy atom. The van der Waals surface area contributed by atoms with Gasteiger partial charge >= 0.3 is 12.4 Å². The van der Waals surface area contributed by atoms with E-state index < -0.39 is 12.4 Å². The summed E-state index contributed by atoms with van der Waals surface area (Å²) in [7, 11) is 0. The maximum absolute atomic E-state index is 12.4. The fourth-order valence-electron chi connectivity index (χ4n) is 2.08. The Balaban J connectivity index is 1.72. The second-order valence-electron chi connectivity index (χ2n) is 5.43. The van der Waals surface area contributed by atoms with Crippen LogP contribution in [0, 0.1) is 6.92 Å². The van der Waals surface area contributed by atoms with Crippen molar-refractivity contribution in [1.82, 2.24) is 10.6 Å². The van der Waals surface area contributed by atoms with E-state index in [1.165, 1.54) is 18.2 Å². The molecule has 26 heavy (non-hydrogen) atoms. The predicted molar refractivity (Wildman–Crippen MR) is 90.0 cm³/mol. The molecule has 2 aromatic rings. The molecule has 140 valence electrons. The molecule has 0 spiro atoms. The molecule has 0 unspecified atom stereocenters. The highest BCUT2D eigenvalue weighted by atomic mass is 19.4. The fourth-order valence-corrected chi connectivity index (χ4v) is 2.08. The van der Waals surface area contributed by atoms with Gasteiger partial charge in [0.05, 0.1) is 6.54 Å². The third-order valence-electron chi connectivity index (χ3n) is 3.32. The van der Waals surface area contributed by atoms with Crippen LogP contribution in [-0.2, 0) is 6.54 Å². The van der Waals surface area contributed by atoms with Crippen molar-refractivity contribution in [3.8, 4) is 11.5 Å². The molecule has 0 bridgehead atoms.